The summed E-state index contributed by atoms with van der Waals surface area (Å²) in [5.41, 5.74) is 2.75. The van der Waals surface area contributed by atoms with Gasteiger partial charge in [-0.3, -0.25) is 0 Å². The topological polar surface area (TPSA) is 21.3 Å². The number of ether oxygens (including phenoxy) is 1. The zero-order valence-corrected chi connectivity index (χ0v) is 14.2. The molecule has 1 aliphatic rings. The lowest BCUT2D eigenvalue weighted by atomic mass is 9.97. The van der Waals surface area contributed by atoms with E-state index in [1.54, 1.807) is 5.57 Å². The molecule has 1 aromatic carbocycles. The van der Waals surface area contributed by atoms with Crippen LogP contribution in [0.2, 0.25) is 5.02 Å². The predicted octanol–water partition coefficient (Wildman–Crippen LogP) is 5.14. The molecule has 0 bridgehead atoms. The lowest BCUT2D eigenvalue weighted by Crippen LogP contribution is -2.16. The van der Waals surface area contributed by atoms with E-state index in [4.69, 9.17) is 16.3 Å². The van der Waals surface area contributed by atoms with Crippen molar-refractivity contribution in [2.75, 3.05) is 13.2 Å². The van der Waals surface area contributed by atoms with Gasteiger partial charge in [-0.15, -0.1) is 12.4 Å². The van der Waals surface area contributed by atoms with Gasteiger partial charge in [0, 0.05) is 17.1 Å². The van der Waals surface area contributed by atoms with Crippen molar-refractivity contribution < 1.29 is 4.74 Å². The fourth-order valence-corrected chi connectivity index (χ4v) is 2.78. The Labute approximate surface area is 139 Å². The molecule has 2 rings (SSSR count). The lowest BCUT2D eigenvalue weighted by molar-refractivity contribution is 0.335. The molecule has 0 amide bonds. The molecule has 0 heterocycles. The molecule has 0 saturated carbocycles. The van der Waals surface area contributed by atoms with Crippen LogP contribution < -0.4 is 10.1 Å². The van der Waals surface area contributed by atoms with Gasteiger partial charge in [0.15, 0.2) is 0 Å². The number of hydrogen-bond donors (Lipinski definition) is 1. The molecule has 1 aliphatic carbocycles. The highest BCUT2D eigenvalue weighted by Gasteiger charge is 2.06. The fourth-order valence-electron chi connectivity index (χ4n) is 2.59. The standard InChI is InChI=1S/C17H24ClNO.ClH/c1-2-20-17-9-8-16(18)12-15(17)13-19-11-10-14-6-4-3-5-7-14;/h6,8-9,12,19H,2-5,7,10-11,13H2,1H3;1H. The van der Waals surface area contributed by atoms with Crippen LogP contribution in [0.25, 0.3) is 0 Å². The smallest absolute Gasteiger partial charge is 0.123 e. The Morgan fingerprint density at radius 3 is 2.86 bits per heavy atom. The van der Waals surface area contributed by atoms with Crippen LogP contribution in [0.4, 0.5) is 0 Å². The minimum atomic E-state index is 0. The minimum absolute atomic E-state index is 0. The second kappa shape index (κ2) is 10.1. The summed E-state index contributed by atoms with van der Waals surface area (Å²) < 4.78 is 5.63. The van der Waals surface area contributed by atoms with E-state index in [1.807, 2.05) is 25.1 Å². The summed E-state index contributed by atoms with van der Waals surface area (Å²) in [4.78, 5) is 0. The normalized spacial score (nSPS) is 14.3. The van der Waals surface area contributed by atoms with E-state index >= 15 is 0 Å². The van der Waals surface area contributed by atoms with E-state index in [-0.39, 0.29) is 12.4 Å². The molecule has 1 aromatic rings. The van der Waals surface area contributed by atoms with Gasteiger partial charge in [0.25, 0.3) is 0 Å². The summed E-state index contributed by atoms with van der Waals surface area (Å²) >= 11 is 6.06. The molecule has 21 heavy (non-hydrogen) atoms. The number of halogens is 2. The van der Waals surface area contributed by atoms with E-state index in [0.29, 0.717) is 6.61 Å². The third-order valence-electron chi connectivity index (χ3n) is 3.65. The van der Waals surface area contributed by atoms with Crippen molar-refractivity contribution in [3.63, 3.8) is 0 Å². The average Bonchev–Trinajstić information content (AvgIpc) is 2.47. The maximum Gasteiger partial charge on any atom is 0.123 e. The summed E-state index contributed by atoms with van der Waals surface area (Å²) in [6, 6.07) is 5.81. The molecular formula is C17H25Cl2NO. The van der Waals surface area contributed by atoms with Crippen molar-refractivity contribution in [1.82, 2.24) is 5.32 Å². The molecule has 4 heteroatoms. The van der Waals surface area contributed by atoms with Crippen molar-refractivity contribution in [1.29, 1.82) is 0 Å². The van der Waals surface area contributed by atoms with Gasteiger partial charge in [0.2, 0.25) is 0 Å². The number of hydrogen-bond acceptors (Lipinski definition) is 2. The molecular weight excluding hydrogens is 305 g/mol. The number of benzene rings is 1. The highest BCUT2D eigenvalue weighted by atomic mass is 35.5. The fraction of sp³-hybridized carbons (Fsp3) is 0.529. The highest BCUT2D eigenvalue weighted by molar-refractivity contribution is 6.30. The van der Waals surface area contributed by atoms with Crippen LogP contribution in [-0.4, -0.2) is 13.2 Å². The highest BCUT2D eigenvalue weighted by Crippen LogP contribution is 2.23. The van der Waals surface area contributed by atoms with E-state index in [2.05, 4.69) is 11.4 Å². The van der Waals surface area contributed by atoms with Gasteiger partial charge in [-0.1, -0.05) is 23.3 Å². The molecule has 0 aromatic heterocycles. The van der Waals surface area contributed by atoms with Crippen molar-refractivity contribution in [2.45, 2.75) is 45.6 Å². The molecule has 0 unspecified atom stereocenters. The van der Waals surface area contributed by atoms with Crippen LogP contribution in [0.15, 0.2) is 29.8 Å². The quantitative estimate of drug-likeness (QED) is 0.552. The molecule has 1 N–H and O–H groups in total. The first-order valence-electron chi connectivity index (χ1n) is 7.59. The zero-order chi connectivity index (χ0) is 14.2. The molecule has 0 fully saturated rings. The van der Waals surface area contributed by atoms with Gasteiger partial charge in [0.1, 0.15) is 5.75 Å². The molecule has 0 saturated heterocycles. The summed E-state index contributed by atoms with van der Waals surface area (Å²) in [6.07, 6.45) is 8.83. The van der Waals surface area contributed by atoms with Crippen molar-refractivity contribution in [3.8, 4) is 5.75 Å². The van der Waals surface area contributed by atoms with Crippen LogP contribution in [0.5, 0.6) is 5.75 Å². The van der Waals surface area contributed by atoms with Crippen molar-refractivity contribution in [2.24, 2.45) is 0 Å². The van der Waals surface area contributed by atoms with Crippen LogP contribution in [0, 0.1) is 0 Å². The second-order valence-electron chi connectivity index (χ2n) is 5.22. The Kier molecular flexibility index (Phi) is 8.82. The molecule has 0 atom stereocenters. The van der Waals surface area contributed by atoms with Crippen LogP contribution in [0.3, 0.4) is 0 Å². The summed E-state index contributed by atoms with van der Waals surface area (Å²) in [6.45, 7) is 4.51. The van der Waals surface area contributed by atoms with E-state index in [1.165, 1.54) is 25.7 Å². The number of allylic oxidation sites excluding steroid dienone is 1. The van der Waals surface area contributed by atoms with Gasteiger partial charge in [0.05, 0.1) is 6.61 Å². The minimum Gasteiger partial charge on any atom is -0.494 e. The maximum atomic E-state index is 6.06. The summed E-state index contributed by atoms with van der Waals surface area (Å²) in [7, 11) is 0. The maximum absolute atomic E-state index is 6.06. The first-order valence-corrected chi connectivity index (χ1v) is 7.97. The van der Waals surface area contributed by atoms with Crippen LogP contribution >= 0.6 is 24.0 Å². The zero-order valence-electron chi connectivity index (χ0n) is 12.7. The molecule has 0 aliphatic heterocycles. The van der Waals surface area contributed by atoms with Gasteiger partial charge in [-0.2, -0.15) is 0 Å². The number of rotatable bonds is 7. The van der Waals surface area contributed by atoms with Crippen molar-refractivity contribution in [3.05, 3.63) is 40.4 Å². The second-order valence-corrected chi connectivity index (χ2v) is 5.66. The third kappa shape index (κ3) is 6.29. The monoisotopic (exact) mass is 329 g/mol. The largest absolute Gasteiger partial charge is 0.494 e. The van der Waals surface area contributed by atoms with Crippen LogP contribution in [0.1, 0.15) is 44.6 Å². The van der Waals surface area contributed by atoms with Crippen LogP contribution in [-0.2, 0) is 6.54 Å². The molecule has 2 nitrogen and oxygen atoms in total. The SMILES string of the molecule is CCOc1ccc(Cl)cc1CNCCC1=CCCCC1.Cl. The van der Waals surface area contributed by atoms with E-state index in [0.717, 1.165) is 35.8 Å². The Morgan fingerprint density at radius 2 is 2.14 bits per heavy atom. The average molecular weight is 330 g/mol. The Morgan fingerprint density at radius 1 is 1.29 bits per heavy atom. The summed E-state index contributed by atoms with van der Waals surface area (Å²) in [5, 5.41) is 4.26. The third-order valence-corrected chi connectivity index (χ3v) is 3.88. The Bertz CT molecular complexity index is 460. The first-order chi connectivity index (χ1) is 9.79. The summed E-state index contributed by atoms with van der Waals surface area (Å²) in [5.74, 6) is 0.932. The first kappa shape index (κ1) is 18.3. The van der Waals surface area contributed by atoms with Gasteiger partial charge >= 0.3 is 0 Å². The van der Waals surface area contributed by atoms with Gasteiger partial charge in [-0.05, 0) is 63.8 Å². The van der Waals surface area contributed by atoms with Gasteiger partial charge in [-0.25, -0.2) is 0 Å². The Balaban J connectivity index is 0.00000220. The molecule has 0 radical (unpaired) electrons. The van der Waals surface area contributed by atoms with Crippen molar-refractivity contribution >= 4 is 24.0 Å². The Hall–Kier alpha value is -0.700. The lowest BCUT2D eigenvalue weighted by Gasteiger charge is -2.14. The van der Waals surface area contributed by atoms with Gasteiger partial charge < -0.3 is 10.1 Å². The predicted molar refractivity (Wildman–Crippen MR) is 92.7 cm³/mol. The molecule has 118 valence electrons. The van der Waals surface area contributed by atoms with E-state index < -0.39 is 0 Å². The number of nitrogens with one attached hydrogen (secondary N) is 1. The van der Waals surface area contributed by atoms with E-state index in [9.17, 15) is 0 Å². The molecule has 0 spiro atoms.